The van der Waals surface area contributed by atoms with Crippen LogP contribution in [0.15, 0.2) is 48.5 Å². The lowest BCUT2D eigenvalue weighted by Crippen LogP contribution is -2.14. The summed E-state index contributed by atoms with van der Waals surface area (Å²) in [5, 5.41) is 7.34. The van der Waals surface area contributed by atoms with Crippen molar-refractivity contribution in [3.05, 3.63) is 59.9 Å². The third-order valence-electron chi connectivity index (χ3n) is 2.22. The van der Waals surface area contributed by atoms with E-state index in [-0.39, 0.29) is 17.1 Å². The van der Waals surface area contributed by atoms with Crippen LogP contribution in [0.3, 0.4) is 0 Å². The molecular weight excluding hydrogens is 219 g/mol. The Hall–Kier alpha value is -2.36. The van der Waals surface area contributed by atoms with Crippen LogP contribution < -0.4 is 10.5 Å². The molecule has 0 heterocycles. The van der Waals surface area contributed by atoms with Gasteiger partial charge in [-0.25, -0.2) is 4.39 Å². The molecule has 2 rings (SSSR count). The highest BCUT2D eigenvalue weighted by molar-refractivity contribution is 5.98. The topological polar surface area (TPSA) is 59.1 Å². The van der Waals surface area contributed by atoms with Gasteiger partial charge in [-0.15, -0.1) is 0 Å². The first-order chi connectivity index (χ1) is 8.18. The predicted molar refractivity (Wildman–Crippen MR) is 63.9 cm³/mol. The van der Waals surface area contributed by atoms with Gasteiger partial charge >= 0.3 is 0 Å². The van der Waals surface area contributed by atoms with Crippen molar-refractivity contribution in [2.24, 2.45) is 5.73 Å². The number of nitrogens with one attached hydrogen (secondary N) is 1. The Morgan fingerprint density at radius 2 is 1.76 bits per heavy atom. The zero-order valence-corrected chi connectivity index (χ0v) is 8.98. The molecule has 0 atom stereocenters. The maximum absolute atomic E-state index is 13.5. The Morgan fingerprint density at radius 1 is 1.06 bits per heavy atom. The number of halogens is 1. The molecule has 2 aromatic carbocycles. The van der Waals surface area contributed by atoms with Crippen LogP contribution in [0, 0.1) is 11.2 Å². The van der Waals surface area contributed by atoms with E-state index < -0.39 is 5.82 Å². The highest BCUT2D eigenvalue weighted by atomic mass is 19.1. The number of benzene rings is 2. The van der Waals surface area contributed by atoms with E-state index in [9.17, 15) is 4.39 Å². The maximum Gasteiger partial charge on any atom is 0.141 e. The largest absolute Gasteiger partial charge is 0.456 e. The zero-order valence-electron chi connectivity index (χ0n) is 8.98. The molecule has 3 nitrogen and oxygen atoms in total. The van der Waals surface area contributed by atoms with Gasteiger partial charge in [-0.2, -0.15) is 0 Å². The summed E-state index contributed by atoms with van der Waals surface area (Å²) in [6.45, 7) is 0. The molecule has 0 fully saturated rings. The smallest absolute Gasteiger partial charge is 0.141 e. The summed E-state index contributed by atoms with van der Waals surface area (Å²) in [6.07, 6.45) is 0. The summed E-state index contributed by atoms with van der Waals surface area (Å²) >= 11 is 0. The molecular formula is C13H11FN2O. The van der Waals surface area contributed by atoms with Crippen molar-refractivity contribution >= 4 is 5.84 Å². The molecule has 0 aromatic heterocycles. The first kappa shape index (κ1) is 11.1. The predicted octanol–water partition coefficient (Wildman–Crippen LogP) is 2.90. The minimum absolute atomic E-state index is 0.0173. The molecule has 0 bridgehead atoms. The molecule has 0 aliphatic heterocycles. The van der Waals surface area contributed by atoms with Crippen LogP contribution in [0.25, 0.3) is 0 Å². The van der Waals surface area contributed by atoms with Gasteiger partial charge in [0, 0.05) is 0 Å². The van der Waals surface area contributed by atoms with Crippen LogP contribution in [0.1, 0.15) is 5.56 Å². The Labute approximate surface area is 98.2 Å². The Balaban J connectivity index is 2.40. The quantitative estimate of drug-likeness (QED) is 0.629. The van der Waals surface area contributed by atoms with Crippen molar-refractivity contribution in [3.63, 3.8) is 0 Å². The third-order valence-corrected chi connectivity index (χ3v) is 2.22. The van der Waals surface area contributed by atoms with Gasteiger partial charge < -0.3 is 10.5 Å². The molecule has 86 valence electrons. The summed E-state index contributed by atoms with van der Waals surface area (Å²) < 4.78 is 19.0. The Bertz CT molecular complexity index is 540. The highest BCUT2D eigenvalue weighted by Crippen LogP contribution is 2.26. The molecule has 0 aliphatic rings. The lowest BCUT2D eigenvalue weighted by atomic mass is 10.1. The number of para-hydroxylation sites is 1. The fourth-order valence-electron chi connectivity index (χ4n) is 1.47. The minimum Gasteiger partial charge on any atom is -0.456 e. The highest BCUT2D eigenvalue weighted by Gasteiger charge is 2.12. The van der Waals surface area contributed by atoms with Gasteiger partial charge in [0.2, 0.25) is 0 Å². The van der Waals surface area contributed by atoms with Gasteiger partial charge in [0.15, 0.2) is 0 Å². The van der Waals surface area contributed by atoms with Crippen LogP contribution in [-0.4, -0.2) is 5.84 Å². The molecule has 0 saturated carbocycles. The van der Waals surface area contributed by atoms with Crippen molar-refractivity contribution in [2.75, 3.05) is 0 Å². The first-order valence-electron chi connectivity index (χ1n) is 5.04. The fraction of sp³-hybridized carbons (Fsp3) is 0. The molecule has 0 spiro atoms. The maximum atomic E-state index is 13.5. The van der Waals surface area contributed by atoms with Gasteiger partial charge in [0.25, 0.3) is 0 Å². The standard InChI is InChI=1S/C13H11FN2O/c14-10-7-4-8-11(12(10)13(15)16)17-9-5-2-1-3-6-9/h1-8H,(H3,15,16). The zero-order chi connectivity index (χ0) is 12.3. The number of amidine groups is 1. The van der Waals surface area contributed by atoms with E-state index in [0.717, 1.165) is 0 Å². The molecule has 4 heteroatoms. The van der Waals surface area contributed by atoms with Crippen molar-refractivity contribution in [3.8, 4) is 11.5 Å². The van der Waals surface area contributed by atoms with Crippen LogP contribution >= 0.6 is 0 Å². The van der Waals surface area contributed by atoms with Crippen molar-refractivity contribution in [2.45, 2.75) is 0 Å². The molecule has 17 heavy (non-hydrogen) atoms. The van der Waals surface area contributed by atoms with E-state index in [4.69, 9.17) is 15.9 Å². The van der Waals surface area contributed by atoms with Gasteiger partial charge in [-0.1, -0.05) is 24.3 Å². The first-order valence-corrected chi connectivity index (χ1v) is 5.04. The number of nitrogen functional groups attached to an aromatic ring is 1. The van der Waals surface area contributed by atoms with Crippen molar-refractivity contribution < 1.29 is 9.13 Å². The number of hydrogen-bond acceptors (Lipinski definition) is 2. The fourth-order valence-corrected chi connectivity index (χ4v) is 1.47. The molecule has 3 N–H and O–H groups in total. The van der Waals surface area contributed by atoms with Gasteiger partial charge in [-0.05, 0) is 24.3 Å². The van der Waals surface area contributed by atoms with Crippen LogP contribution in [0.4, 0.5) is 4.39 Å². The summed E-state index contributed by atoms with van der Waals surface area (Å²) in [7, 11) is 0. The van der Waals surface area contributed by atoms with E-state index in [1.807, 2.05) is 18.2 Å². The molecule has 2 aromatic rings. The van der Waals surface area contributed by atoms with E-state index >= 15 is 0 Å². The Kier molecular flexibility index (Phi) is 3.05. The van der Waals surface area contributed by atoms with Crippen molar-refractivity contribution in [1.29, 1.82) is 5.41 Å². The average Bonchev–Trinajstić information content (AvgIpc) is 2.30. The van der Waals surface area contributed by atoms with Gasteiger partial charge in [0.1, 0.15) is 23.2 Å². The summed E-state index contributed by atoms with van der Waals surface area (Å²) in [5.41, 5.74) is 5.32. The number of hydrogen-bond donors (Lipinski definition) is 2. The SMILES string of the molecule is N=C(N)c1c(F)cccc1Oc1ccccc1. The summed E-state index contributed by atoms with van der Waals surface area (Å²) in [5.74, 6) is -0.107. The third kappa shape index (κ3) is 2.42. The second-order valence-electron chi connectivity index (χ2n) is 3.44. The van der Waals surface area contributed by atoms with E-state index in [1.54, 1.807) is 18.2 Å². The molecule has 0 amide bonds. The normalized spacial score (nSPS) is 9.94. The molecule has 0 saturated heterocycles. The molecule has 0 aliphatic carbocycles. The lowest BCUT2D eigenvalue weighted by Gasteiger charge is -2.10. The minimum atomic E-state index is -0.564. The van der Waals surface area contributed by atoms with E-state index in [2.05, 4.69) is 0 Å². The van der Waals surface area contributed by atoms with Gasteiger partial charge in [-0.3, -0.25) is 5.41 Å². The summed E-state index contributed by atoms with van der Waals surface area (Å²) in [4.78, 5) is 0. The number of nitrogens with two attached hydrogens (primary N) is 1. The summed E-state index contributed by atoms with van der Waals surface area (Å²) in [6, 6.07) is 13.3. The molecule has 0 radical (unpaired) electrons. The Morgan fingerprint density at radius 3 is 2.41 bits per heavy atom. The number of rotatable bonds is 3. The van der Waals surface area contributed by atoms with E-state index in [0.29, 0.717) is 5.75 Å². The van der Waals surface area contributed by atoms with Crippen LogP contribution in [-0.2, 0) is 0 Å². The average molecular weight is 230 g/mol. The van der Waals surface area contributed by atoms with E-state index in [1.165, 1.54) is 12.1 Å². The molecule has 0 unspecified atom stereocenters. The van der Waals surface area contributed by atoms with Crippen molar-refractivity contribution in [1.82, 2.24) is 0 Å². The van der Waals surface area contributed by atoms with Crippen LogP contribution in [0.5, 0.6) is 11.5 Å². The van der Waals surface area contributed by atoms with Crippen LogP contribution in [0.2, 0.25) is 0 Å². The van der Waals surface area contributed by atoms with Gasteiger partial charge in [0.05, 0.1) is 5.56 Å². The second-order valence-corrected chi connectivity index (χ2v) is 3.44. The lowest BCUT2D eigenvalue weighted by molar-refractivity contribution is 0.475. The number of ether oxygens (including phenoxy) is 1. The second kappa shape index (κ2) is 4.65. The monoisotopic (exact) mass is 230 g/mol.